The topological polar surface area (TPSA) is 82.1 Å². The molecular formula is C19H18O6. The second kappa shape index (κ2) is 7.92. The third-order valence-corrected chi connectivity index (χ3v) is 3.84. The maximum atomic E-state index is 12.2. The van der Waals surface area contributed by atoms with E-state index in [0.717, 1.165) is 0 Å². The van der Waals surface area contributed by atoms with Gasteiger partial charge in [-0.15, -0.1) is 0 Å². The number of hydrogen-bond acceptors (Lipinski definition) is 6. The van der Waals surface area contributed by atoms with Gasteiger partial charge in [0.15, 0.2) is 12.2 Å². The van der Waals surface area contributed by atoms with Gasteiger partial charge >= 0.3 is 11.9 Å². The van der Waals surface area contributed by atoms with Crippen LogP contribution < -0.4 is 0 Å². The summed E-state index contributed by atoms with van der Waals surface area (Å²) in [4.78, 5) is 24.5. The van der Waals surface area contributed by atoms with Crippen LogP contribution in [0.1, 0.15) is 20.7 Å². The molecular weight excluding hydrogens is 324 g/mol. The molecule has 3 atom stereocenters. The molecule has 1 N–H and O–H groups in total. The summed E-state index contributed by atoms with van der Waals surface area (Å²) in [5, 5.41) is 10.1. The Balaban J connectivity index is 1.70. The Labute approximate surface area is 144 Å². The third kappa shape index (κ3) is 4.23. The summed E-state index contributed by atoms with van der Waals surface area (Å²) in [7, 11) is 0. The van der Waals surface area contributed by atoms with Gasteiger partial charge in [0.05, 0.1) is 24.3 Å². The molecule has 1 aliphatic heterocycles. The maximum absolute atomic E-state index is 12.2. The molecule has 25 heavy (non-hydrogen) atoms. The summed E-state index contributed by atoms with van der Waals surface area (Å²) in [6.45, 7) is 0.0501. The van der Waals surface area contributed by atoms with Crippen molar-refractivity contribution in [2.45, 2.75) is 18.3 Å². The molecule has 6 nitrogen and oxygen atoms in total. The fourth-order valence-corrected chi connectivity index (χ4v) is 2.54. The summed E-state index contributed by atoms with van der Waals surface area (Å²) in [6.07, 6.45) is -2.95. The zero-order valence-electron chi connectivity index (χ0n) is 13.4. The van der Waals surface area contributed by atoms with E-state index in [1.807, 2.05) is 0 Å². The SMILES string of the molecule is O=C(OC1COCC(O)C1OC(=O)c1ccccc1)c1ccccc1. The minimum atomic E-state index is -1.07. The zero-order valence-corrected chi connectivity index (χ0v) is 13.4. The monoisotopic (exact) mass is 342 g/mol. The van der Waals surface area contributed by atoms with Crippen molar-refractivity contribution in [2.75, 3.05) is 13.2 Å². The highest BCUT2D eigenvalue weighted by Crippen LogP contribution is 2.19. The van der Waals surface area contributed by atoms with Gasteiger partial charge in [-0.25, -0.2) is 9.59 Å². The van der Waals surface area contributed by atoms with Gasteiger partial charge < -0.3 is 19.3 Å². The van der Waals surface area contributed by atoms with Crippen molar-refractivity contribution in [3.8, 4) is 0 Å². The lowest BCUT2D eigenvalue weighted by Gasteiger charge is -2.34. The minimum absolute atomic E-state index is 0.00608. The second-order valence-corrected chi connectivity index (χ2v) is 5.65. The van der Waals surface area contributed by atoms with E-state index >= 15 is 0 Å². The van der Waals surface area contributed by atoms with Gasteiger partial charge in [-0.3, -0.25) is 0 Å². The molecule has 130 valence electrons. The Kier molecular flexibility index (Phi) is 5.42. The van der Waals surface area contributed by atoms with Crippen LogP contribution in [0, 0.1) is 0 Å². The van der Waals surface area contributed by atoms with E-state index in [1.165, 1.54) is 0 Å². The molecule has 0 amide bonds. The number of hydrogen-bond donors (Lipinski definition) is 1. The lowest BCUT2D eigenvalue weighted by Crippen LogP contribution is -2.51. The van der Waals surface area contributed by atoms with E-state index in [9.17, 15) is 14.7 Å². The Bertz CT molecular complexity index is 715. The molecule has 0 radical (unpaired) electrons. The lowest BCUT2D eigenvalue weighted by atomic mass is 10.1. The van der Waals surface area contributed by atoms with Crippen molar-refractivity contribution >= 4 is 11.9 Å². The Morgan fingerprint density at radius 3 is 1.92 bits per heavy atom. The highest BCUT2D eigenvalue weighted by atomic mass is 16.6. The lowest BCUT2D eigenvalue weighted by molar-refractivity contribution is -0.155. The molecule has 0 aliphatic carbocycles. The predicted molar refractivity (Wildman–Crippen MR) is 88.1 cm³/mol. The summed E-state index contributed by atoms with van der Waals surface area (Å²) in [5.74, 6) is -1.16. The Morgan fingerprint density at radius 2 is 1.36 bits per heavy atom. The van der Waals surface area contributed by atoms with E-state index in [2.05, 4.69) is 0 Å². The van der Waals surface area contributed by atoms with Gasteiger partial charge in [0.1, 0.15) is 6.10 Å². The standard InChI is InChI=1S/C19H18O6/c20-15-11-23-12-16(24-18(21)13-7-3-1-4-8-13)17(15)25-19(22)14-9-5-2-6-10-14/h1-10,15-17,20H,11-12H2. The average molecular weight is 342 g/mol. The molecule has 3 unspecified atom stereocenters. The number of rotatable bonds is 4. The van der Waals surface area contributed by atoms with Crippen LogP contribution >= 0.6 is 0 Å². The first-order valence-electron chi connectivity index (χ1n) is 7.93. The van der Waals surface area contributed by atoms with Crippen LogP contribution in [0.3, 0.4) is 0 Å². The highest BCUT2D eigenvalue weighted by molar-refractivity contribution is 5.90. The average Bonchev–Trinajstić information content (AvgIpc) is 2.66. The summed E-state index contributed by atoms with van der Waals surface area (Å²) in [5.41, 5.74) is 0.727. The minimum Gasteiger partial charge on any atom is -0.452 e. The molecule has 1 saturated heterocycles. The van der Waals surface area contributed by atoms with E-state index in [4.69, 9.17) is 14.2 Å². The van der Waals surface area contributed by atoms with Gasteiger partial charge in [0.25, 0.3) is 0 Å². The Morgan fingerprint density at radius 1 is 0.840 bits per heavy atom. The molecule has 1 heterocycles. The van der Waals surface area contributed by atoms with Crippen LogP contribution in [0.15, 0.2) is 60.7 Å². The van der Waals surface area contributed by atoms with Gasteiger partial charge in [-0.1, -0.05) is 36.4 Å². The molecule has 0 spiro atoms. The summed E-state index contributed by atoms with van der Waals surface area (Å²) >= 11 is 0. The van der Waals surface area contributed by atoms with Gasteiger partial charge in [-0.05, 0) is 24.3 Å². The van der Waals surface area contributed by atoms with Gasteiger partial charge in [-0.2, -0.15) is 0 Å². The maximum Gasteiger partial charge on any atom is 0.338 e. The molecule has 0 aromatic heterocycles. The molecule has 1 fully saturated rings. The Hall–Kier alpha value is -2.70. The number of carbonyl (C=O) groups excluding carboxylic acids is 2. The first-order valence-corrected chi connectivity index (χ1v) is 7.93. The quantitative estimate of drug-likeness (QED) is 0.854. The molecule has 2 aromatic rings. The van der Waals surface area contributed by atoms with Crippen LogP contribution in [-0.2, 0) is 14.2 Å². The fourth-order valence-electron chi connectivity index (χ4n) is 2.54. The highest BCUT2D eigenvalue weighted by Gasteiger charge is 2.39. The number of ether oxygens (including phenoxy) is 3. The molecule has 1 aliphatic rings. The smallest absolute Gasteiger partial charge is 0.338 e. The molecule has 0 bridgehead atoms. The normalized spacial score (nSPS) is 22.8. The van der Waals surface area contributed by atoms with Crippen molar-refractivity contribution in [3.63, 3.8) is 0 Å². The van der Waals surface area contributed by atoms with Crippen LogP contribution in [-0.4, -0.2) is 48.6 Å². The predicted octanol–water partition coefficient (Wildman–Crippen LogP) is 1.83. The molecule has 2 aromatic carbocycles. The van der Waals surface area contributed by atoms with E-state index < -0.39 is 30.3 Å². The number of benzene rings is 2. The largest absolute Gasteiger partial charge is 0.452 e. The molecule has 3 rings (SSSR count). The van der Waals surface area contributed by atoms with Gasteiger partial charge in [0, 0.05) is 0 Å². The second-order valence-electron chi connectivity index (χ2n) is 5.65. The fraction of sp³-hybridized carbons (Fsp3) is 0.263. The number of esters is 2. The van der Waals surface area contributed by atoms with Gasteiger partial charge in [0.2, 0.25) is 0 Å². The molecule has 6 heteroatoms. The van der Waals surface area contributed by atoms with Crippen molar-refractivity contribution in [2.24, 2.45) is 0 Å². The number of aliphatic hydroxyl groups excluding tert-OH is 1. The van der Waals surface area contributed by atoms with Crippen molar-refractivity contribution < 1.29 is 28.9 Å². The van der Waals surface area contributed by atoms with Crippen LogP contribution in [0.4, 0.5) is 0 Å². The van der Waals surface area contributed by atoms with Crippen molar-refractivity contribution in [1.29, 1.82) is 0 Å². The van der Waals surface area contributed by atoms with Crippen molar-refractivity contribution in [3.05, 3.63) is 71.8 Å². The van der Waals surface area contributed by atoms with Crippen LogP contribution in [0.25, 0.3) is 0 Å². The third-order valence-electron chi connectivity index (χ3n) is 3.84. The van der Waals surface area contributed by atoms with Crippen molar-refractivity contribution in [1.82, 2.24) is 0 Å². The van der Waals surface area contributed by atoms with Crippen LogP contribution in [0.5, 0.6) is 0 Å². The van der Waals surface area contributed by atoms with E-state index in [1.54, 1.807) is 60.7 Å². The number of carbonyl (C=O) groups is 2. The first kappa shape index (κ1) is 17.1. The first-order chi connectivity index (χ1) is 12.1. The van der Waals surface area contributed by atoms with E-state index in [0.29, 0.717) is 11.1 Å². The summed E-state index contributed by atoms with van der Waals surface area (Å²) in [6, 6.07) is 16.9. The zero-order chi connectivity index (χ0) is 17.6. The molecule has 0 saturated carbocycles. The van der Waals surface area contributed by atoms with E-state index in [-0.39, 0.29) is 13.2 Å². The van der Waals surface area contributed by atoms with Crippen LogP contribution in [0.2, 0.25) is 0 Å². The summed E-state index contributed by atoms with van der Waals surface area (Å²) < 4.78 is 16.0. The number of aliphatic hydroxyl groups is 1.